The van der Waals surface area contributed by atoms with Gasteiger partial charge in [-0.15, -0.1) is 11.3 Å². The van der Waals surface area contributed by atoms with Crippen molar-refractivity contribution in [2.75, 3.05) is 42.6 Å². The second-order valence-electron chi connectivity index (χ2n) is 5.85. The molecule has 6 nitrogen and oxygen atoms in total. The Morgan fingerprint density at radius 2 is 2.12 bits per heavy atom. The first-order chi connectivity index (χ1) is 11.5. The minimum Gasteiger partial charge on any atom is -0.363 e. The number of rotatable bonds is 7. The lowest BCUT2D eigenvalue weighted by atomic mass is 10.1. The van der Waals surface area contributed by atoms with Gasteiger partial charge in [0.1, 0.15) is 0 Å². The van der Waals surface area contributed by atoms with E-state index in [1.54, 1.807) is 18.3 Å². The summed E-state index contributed by atoms with van der Waals surface area (Å²) in [6.07, 6.45) is 2.10. The highest BCUT2D eigenvalue weighted by Gasteiger charge is 2.20. The van der Waals surface area contributed by atoms with Crippen LogP contribution in [0.3, 0.4) is 0 Å². The molecule has 8 heteroatoms. The van der Waals surface area contributed by atoms with Crippen molar-refractivity contribution < 1.29 is 8.42 Å². The number of nitrogens with one attached hydrogen (secondary N) is 2. The SMILES string of the molecule is CCNC(=NCCS(=O)(=O)CC)NC1CCN(c2cccs2)CC1. The Morgan fingerprint density at radius 3 is 2.71 bits per heavy atom. The normalized spacial score (nSPS) is 17.1. The molecule has 1 aliphatic rings. The molecule has 24 heavy (non-hydrogen) atoms. The van der Waals surface area contributed by atoms with Crippen molar-refractivity contribution in [3.63, 3.8) is 0 Å². The molecule has 2 rings (SSSR count). The van der Waals surface area contributed by atoms with E-state index in [0.717, 1.165) is 38.4 Å². The van der Waals surface area contributed by atoms with Crippen LogP contribution in [0.2, 0.25) is 0 Å². The number of guanidine groups is 1. The second kappa shape index (κ2) is 9.27. The van der Waals surface area contributed by atoms with Crippen LogP contribution in [0.15, 0.2) is 22.5 Å². The maximum atomic E-state index is 11.6. The van der Waals surface area contributed by atoms with Gasteiger partial charge in [0.15, 0.2) is 15.8 Å². The van der Waals surface area contributed by atoms with E-state index in [9.17, 15) is 8.42 Å². The van der Waals surface area contributed by atoms with Gasteiger partial charge in [-0.1, -0.05) is 6.92 Å². The molecule has 0 bridgehead atoms. The standard InChI is InChI=1S/C16H28N4O2S2/c1-3-17-16(18-9-13-24(21,22)4-2)19-14-7-10-20(11-8-14)15-6-5-12-23-15/h5-6,12,14H,3-4,7-11,13H2,1-2H3,(H2,17,18,19). The molecule has 0 atom stereocenters. The van der Waals surface area contributed by atoms with Crippen molar-refractivity contribution >= 4 is 32.1 Å². The molecular formula is C16H28N4O2S2. The Morgan fingerprint density at radius 1 is 1.38 bits per heavy atom. The van der Waals surface area contributed by atoms with E-state index < -0.39 is 9.84 Å². The molecule has 0 amide bonds. The first-order valence-electron chi connectivity index (χ1n) is 8.57. The summed E-state index contributed by atoms with van der Waals surface area (Å²) in [4.78, 5) is 6.83. The molecule has 0 saturated carbocycles. The van der Waals surface area contributed by atoms with Gasteiger partial charge in [-0.3, -0.25) is 4.99 Å². The molecule has 0 radical (unpaired) electrons. The van der Waals surface area contributed by atoms with Crippen LogP contribution in [0.5, 0.6) is 0 Å². The van der Waals surface area contributed by atoms with E-state index >= 15 is 0 Å². The topological polar surface area (TPSA) is 73.8 Å². The lowest BCUT2D eigenvalue weighted by molar-refractivity contribution is 0.463. The van der Waals surface area contributed by atoms with Crippen LogP contribution in [0, 0.1) is 0 Å². The molecule has 2 N–H and O–H groups in total. The molecule has 0 aromatic carbocycles. The summed E-state index contributed by atoms with van der Waals surface area (Å²) in [6.45, 7) is 6.81. The minimum atomic E-state index is -2.96. The van der Waals surface area contributed by atoms with Gasteiger partial charge < -0.3 is 15.5 Å². The number of aliphatic imine (C=N–C) groups is 1. The van der Waals surface area contributed by atoms with Crippen molar-refractivity contribution in [2.24, 2.45) is 4.99 Å². The molecule has 1 aliphatic heterocycles. The lowest BCUT2D eigenvalue weighted by Gasteiger charge is -2.33. The van der Waals surface area contributed by atoms with Crippen molar-refractivity contribution in [1.29, 1.82) is 0 Å². The van der Waals surface area contributed by atoms with Crippen molar-refractivity contribution in [3.8, 4) is 0 Å². The lowest BCUT2D eigenvalue weighted by Crippen LogP contribution is -2.48. The molecule has 136 valence electrons. The molecule has 1 aromatic rings. The van der Waals surface area contributed by atoms with Crippen LogP contribution >= 0.6 is 11.3 Å². The monoisotopic (exact) mass is 372 g/mol. The van der Waals surface area contributed by atoms with Gasteiger partial charge in [-0.05, 0) is 37.3 Å². The number of sulfone groups is 1. The zero-order valence-electron chi connectivity index (χ0n) is 14.5. The first-order valence-corrected chi connectivity index (χ1v) is 11.3. The summed E-state index contributed by atoms with van der Waals surface area (Å²) in [7, 11) is -2.96. The molecule has 2 heterocycles. The van der Waals surface area contributed by atoms with Crippen molar-refractivity contribution in [1.82, 2.24) is 10.6 Å². The minimum absolute atomic E-state index is 0.108. The molecule has 1 fully saturated rings. The molecular weight excluding hydrogens is 344 g/mol. The zero-order valence-corrected chi connectivity index (χ0v) is 16.1. The van der Waals surface area contributed by atoms with Gasteiger partial charge in [0.25, 0.3) is 0 Å². The van der Waals surface area contributed by atoms with Crippen molar-refractivity contribution in [3.05, 3.63) is 17.5 Å². The highest BCUT2D eigenvalue weighted by Crippen LogP contribution is 2.24. The van der Waals surface area contributed by atoms with Gasteiger partial charge in [-0.25, -0.2) is 8.42 Å². The van der Waals surface area contributed by atoms with Crippen LogP contribution < -0.4 is 15.5 Å². The third-order valence-electron chi connectivity index (χ3n) is 4.11. The van der Waals surface area contributed by atoms with Crippen LogP contribution in [-0.4, -0.2) is 58.1 Å². The maximum absolute atomic E-state index is 11.6. The zero-order chi connectivity index (χ0) is 17.4. The number of hydrogen-bond acceptors (Lipinski definition) is 5. The number of anilines is 1. The molecule has 0 aliphatic carbocycles. The Balaban J connectivity index is 1.82. The van der Waals surface area contributed by atoms with E-state index in [2.05, 4.69) is 38.0 Å². The number of thiophene rings is 1. The van der Waals surface area contributed by atoms with Gasteiger partial charge in [0, 0.05) is 31.4 Å². The number of nitrogens with zero attached hydrogens (tertiary/aromatic N) is 2. The predicted octanol–water partition coefficient (Wildman–Crippen LogP) is 1.71. The summed E-state index contributed by atoms with van der Waals surface area (Å²) < 4.78 is 23.1. The predicted molar refractivity (Wildman–Crippen MR) is 103 cm³/mol. The molecule has 0 spiro atoms. The van der Waals surface area contributed by atoms with Gasteiger partial charge in [-0.2, -0.15) is 0 Å². The van der Waals surface area contributed by atoms with Crippen molar-refractivity contribution in [2.45, 2.75) is 32.7 Å². The smallest absolute Gasteiger partial charge is 0.191 e. The van der Waals surface area contributed by atoms with E-state index in [-0.39, 0.29) is 11.5 Å². The van der Waals surface area contributed by atoms with Crippen LogP contribution in [0.4, 0.5) is 5.00 Å². The maximum Gasteiger partial charge on any atom is 0.191 e. The fourth-order valence-corrected chi connectivity index (χ4v) is 4.09. The van der Waals surface area contributed by atoms with E-state index in [1.807, 2.05) is 6.92 Å². The quantitative estimate of drug-likeness (QED) is 0.563. The average molecular weight is 373 g/mol. The van der Waals surface area contributed by atoms with E-state index in [0.29, 0.717) is 12.6 Å². The summed E-state index contributed by atoms with van der Waals surface area (Å²) in [5.74, 6) is 1.00. The summed E-state index contributed by atoms with van der Waals surface area (Å²) in [5, 5.41) is 10.1. The van der Waals surface area contributed by atoms with E-state index in [4.69, 9.17) is 0 Å². The molecule has 0 unspecified atom stereocenters. The molecule has 1 saturated heterocycles. The third-order valence-corrected chi connectivity index (χ3v) is 6.72. The fraction of sp³-hybridized carbons (Fsp3) is 0.688. The Labute approximate surface area is 149 Å². The Hall–Kier alpha value is -1.28. The van der Waals surface area contributed by atoms with Crippen LogP contribution in [0.25, 0.3) is 0 Å². The number of piperidine rings is 1. The van der Waals surface area contributed by atoms with Crippen LogP contribution in [-0.2, 0) is 9.84 Å². The highest BCUT2D eigenvalue weighted by molar-refractivity contribution is 7.91. The average Bonchev–Trinajstić information content (AvgIpc) is 3.10. The molecule has 1 aromatic heterocycles. The fourth-order valence-electron chi connectivity index (χ4n) is 2.65. The van der Waals surface area contributed by atoms with Gasteiger partial charge in [0.05, 0.1) is 17.3 Å². The Bertz CT molecular complexity index is 606. The Kier molecular flexibility index (Phi) is 7.36. The largest absolute Gasteiger partial charge is 0.363 e. The summed E-state index contributed by atoms with van der Waals surface area (Å²) in [5.41, 5.74) is 0. The first kappa shape index (κ1) is 19.1. The van der Waals surface area contributed by atoms with E-state index in [1.165, 1.54) is 5.00 Å². The highest BCUT2D eigenvalue weighted by atomic mass is 32.2. The summed E-state index contributed by atoms with van der Waals surface area (Å²) >= 11 is 1.78. The number of hydrogen-bond donors (Lipinski definition) is 2. The van der Waals surface area contributed by atoms with Gasteiger partial charge >= 0.3 is 0 Å². The third kappa shape index (κ3) is 5.98. The second-order valence-corrected chi connectivity index (χ2v) is 9.25. The summed E-state index contributed by atoms with van der Waals surface area (Å²) in [6, 6.07) is 4.63. The van der Waals surface area contributed by atoms with Crippen LogP contribution in [0.1, 0.15) is 26.7 Å². The van der Waals surface area contributed by atoms with Gasteiger partial charge in [0.2, 0.25) is 0 Å².